The number of rotatable bonds is 3. The summed E-state index contributed by atoms with van der Waals surface area (Å²) in [6, 6.07) is 6.78. The molecule has 2 aliphatic rings. The quantitative estimate of drug-likeness (QED) is 0.793. The molecule has 0 saturated carbocycles. The highest BCUT2D eigenvalue weighted by Gasteiger charge is 2.36. The van der Waals surface area contributed by atoms with Gasteiger partial charge in [-0.05, 0) is 51.8 Å². The molecule has 0 aliphatic carbocycles. The monoisotopic (exact) mass is 276 g/mol. The Balaban J connectivity index is 1.78. The van der Waals surface area contributed by atoms with E-state index in [4.69, 9.17) is 0 Å². The molecule has 2 bridgehead atoms. The van der Waals surface area contributed by atoms with Gasteiger partial charge in [-0.1, -0.05) is 6.07 Å². The Bertz CT molecular complexity index is 459. The van der Waals surface area contributed by atoms with Gasteiger partial charge in [0.25, 0.3) is 0 Å². The summed E-state index contributed by atoms with van der Waals surface area (Å²) in [5.74, 6) is 0.363. The van der Waals surface area contributed by atoms with Crippen LogP contribution >= 0.6 is 0 Å². The molecule has 2 heterocycles. The van der Waals surface area contributed by atoms with Crippen LogP contribution in [0.3, 0.4) is 0 Å². The van der Waals surface area contributed by atoms with Crippen molar-refractivity contribution in [2.45, 2.75) is 56.8 Å². The van der Waals surface area contributed by atoms with Crippen molar-refractivity contribution in [3.8, 4) is 11.5 Å². The number of nitrogens with one attached hydrogen (secondary N) is 1. The van der Waals surface area contributed by atoms with Gasteiger partial charge in [0.05, 0.1) is 5.56 Å². The van der Waals surface area contributed by atoms with E-state index >= 15 is 0 Å². The molecule has 0 spiro atoms. The summed E-state index contributed by atoms with van der Waals surface area (Å²) in [7, 11) is 2.10. The topological polar surface area (TPSA) is 55.7 Å². The number of hydrogen-bond donors (Lipinski definition) is 3. The zero-order valence-electron chi connectivity index (χ0n) is 12.2. The Morgan fingerprint density at radius 3 is 2.25 bits per heavy atom. The SMILES string of the molecule is CC(c1c(O)cccc1O)N(C)C1CC2CCC(C1)N2. The first kappa shape index (κ1) is 13.7. The fourth-order valence-electron chi connectivity index (χ4n) is 3.85. The summed E-state index contributed by atoms with van der Waals surface area (Å²) in [5, 5.41) is 23.7. The molecule has 3 N–H and O–H groups in total. The smallest absolute Gasteiger partial charge is 0.124 e. The minimum Gasteiger partial charge on any atom is -0.507 e. The normalized spacial score (nSPS) is 30.6. The summed E-state index contributed by atoms with van der Waals surface area (Å²) in [6.45, 7) is 2.05. The Kier molecular flexibility index (Phi) is 3.61. The van der Waals surface area contributed by atoms with Crippen LogP contribution in [0.1, 0.15) is 44.2 Å². The third-order valence-electron chi connectivity index (χ3n) is 5.11. The van der Waals surface area contributed by atoms with E-state index in [-0.39, 0.29) is 17.5 Å². The second kappa shape index (κ2) is 5.26. The van der Waals surface area contributed by atoms with E-state index in [1.807, 2.05) is 0 Å². The molecule has 3 unspecified atom stereocenters. The molecular formula is C16H24N2O2. The van der Waals surface area contributed by atoms with E-state index in [2.05, 4.69) is 24.2 Å². The van der Waals surface area contributed by atoms with Crippen LogP contribution in [-0.2, 0) is 0 Å². The lowest BCUT2D eigenvalue weighted by molar-refractivity contribution is 0.129. The van der Waals surface area contributed by atoms with Crippen molar-refractivity contribution in [1.82, 2.24) is 10.2 Å². The third-order valence-corrected chi connectivity index (χ3v) is 5.11. The molecule has 3 rings (SSSR count). The number of fused-ring (bicyclic) bond motifs is 2. The molecule has 1 aromatic carbocycles. The summed E-state index contributed by atoms with van der Waals surface area (Å²) in [6.07, 6.45) is 4.88. The zero-order valence-corrected chi connectivity index (χ0v) is 12.2. The summed E-state index contributed by atoms with van der Waals surface area (Å²) in [4.78, 5) is 2.31. The van der Waals surface area contributed by atoms with E-state index in [1.165, 1.54) is 12.8 Å². The Morgan fingerprint density at radius 1 is 1.15 bits per heavy atom. The summed E-state index contributed by atoms with van der Waals surface area (Å²) >= 11 is 0. The van der Waals surface area contributed by atoms with Gasteiger partial charge in [0, 0.05) is 24.2 Å². The lowest BCUT2D eigenvalue weighted by Gasteiger charge is -2.39. The van der Waals surface area contributed by atoms with Gasteiger partial charge in [-0.2, -0.15) is 0 Å². The minimum absolute atomic E-state index is 0.0127. The molecule has 0 radical (unpaired) electrons. The number of hydrogen-bond acceptors (Lipinski definition) is 4. The number of piperidine rings is 1. The minimum atomic E-state index is 0.0127. The Hall–Kier alpha value is -1.26. The molecule has 4 nitrogen and oxygen atoms in total. The van der Waals surface area contributed by atoms with Crippen molar-refractivity contribution in [2.75, 3.05) is 7.05 Å². The van der Waals surface area contributed by atoms with Crippen LogP contribution in [0.2, 0.25) is 0 Å². The number of phenols is 2. The van der Waals surface area contributed by atoms with Crippen LogP contribution in [0, 0.1) is 0 Å². The lowest BCUT2D eigenvalue weighted by atomic mass is 9.95. The molecule has 20 heavy (non-hydrogen) atoms. The average molecular weight is 276 g/mol. The van der Waals surface area contributed by atoms with Gasteiger partial charge < -0.3 is 15.5 Å². The van der Waals surface area contributed by atoms with Crippen LogP contribution in [0.15, 0.2) is 18.2 Å². The van der Waals surface area contributed by atoms with E-state index < -0.39 is 0 Å². The summed E-state index contributed by atoms with van der Waals surface area (Å²) in [5.41, 5.74) is 0.640. The Labute approximate surface area is 120 Å². The fourth-order valence-corrected chi connectivity index (χ4v) is 3.85. The van der Waals surface area contributed by atoms with Gasteiger partial charge >= 0.3 is 0 Å². The van der Waals surface area contributed by atoms with Crippen molar-refractivity contribution < 1.29 is 10.2 Å². The second-order valence-corrected chi connectivity index (χ2v) is 6.31. The Morgan fingerprint density at radius 2 is 1.70 bits per heavy atom. The van der Waals surface area contributed by atoms with Crippen molar-refractivity contribution >= 4 is 0 Å². The van der Waals surface area contributed by atoms with Crippen LogP contribution in [-0.4, -0.2) is 40.3 Å². The van der Waals surface area contributed by atoms with Gasteiger partial charge in [-0.15, -0.1) is 0 Å². The first-order valence-electron chi connectivity index (χ1n) is 7.55. The fraction of sp³-hybridized carbons (Fsp3) is 0.625. The molecule has 2 saturated heterocycles. The standard InChI is InChI=1S/C16H24N2O2/c1-10(16-14(19)4-3-5-15(16)20)18(2)13-8-11-6-7-12(9-13)17-11/h3-5,10-13,17,19-20H,6-9H2,1-2H3. The number of nitrogens with zero attached hydrogens (tertiary/aromatic N) is 1. The number of benzene rings is 1. The molecule has 110 valence electrons. The van der Waals surface area contributed by atoms with Crippen LogP contribution < -0.4 is 5.32 Å². The maximum atomic E-state index is 10.0. The molecule has 2 fully saturated rings. The number of phenolic OH excluding ortho intramolecular Hbond substituents is 2. The molecule has 0 amide bonds. The lowest BCUT2D eigenvalue weighted by Crippen LogP contribution is -2.47. The maximum absolute atomic E-state index is 10.0. The van der Waals surface area contributed by atoms with Crippen LogP contribution in [0.4, 0.5) is 0 Å². The third kappa shape index (κ3) is 2.38. The first-order valence-corrected chi connectivity index (χ1v) is 7.55. The van der Waals surface area contributed by atoms with Crippen molar-refractivity contribution in [1.29, 1.82) is 0 Å². The van der Waals surface area contributed by atoms with Gasteiger partial charge in [-0.3, -0.25) is 4.90 Å². The van der Waals surface area contributed by atoms with Crippen molar-refractivity contribution in [2.24, 2.45) is 0 Å². The highest BCUT2D eigenvalue weighted by Crippen LogP contribution is 2.38. The predicted octanol–water partition coefficient (Wildman–Crippen LogP) is 2.37. The number of aromatic hydroxyl groups is 2. The predicted molar refractivity (Wildman–Crippen MR) is 78.9 cm³/mol. The van der Waals surface area contributed by atoms with E-state index in [9.17, 15) is 10.2 Å². The maximum Gasteiger partial charge on any atom is 0.124 e. The van der Waals surface area contributed by atoms with Crippen molar-refractivity contribution in [3.63, 3.8) is 0 Å². The van der Waals surface area contributed by atoms with Crippen LogP contribution in [0.5, 0.6) is 11.5 Å². The van der Waals surface area contributed by atoms with Gasteiger partial charge in [0.2, 0.25) is 0 Å². The molecule has 1 aromatic rings. The molecule has 3 atom stereocenters. The van der Waals surface area contributed by atoms with Crippen molar-refractivity contribution in [3.05, 3.63) is 23.8 Å². The van der Waals surface area contributed by atoms with E-state index in [0.717, 1.165) is 12.8 Å². The molecule has 2 aliphatic heterocycles. The highest BCUT2D eigenvalue weighted by atomic mass is 16.3. The van der Waals surface area contributed by atoms with Gasteiger partial charge in [-0.25, -0.2) is 0 Å². The molecule has 0 aromatic heterocycles. The average Bonchev–Trinajstić information content (AvgIpc) is 2.76. The first-order chi connectivity index (χ1) is 9.56. The van der Waals surface area contributed by atoms with Crippen LogP contribution in [0.25, 0.3) is 0 Å². The molecule has 4 heteroatoms. The van der Waals surface area contributed by atoms with E-state index in [1.54, 1.807) is 18.2 Å². The second-order valence-electron chi connectivity index (χ2n) is 6.31. The van der Waals surface area contributed by atoms with Gasteiger partial charge in [0.15, 0.2) is 0 Å². The molecular weight excluding hydrogens is 252 g/mol. The highest BCUT2D eigenvalue weighted by molar-refractivity contribution is 5.45. The summed E-state index contributed by atoms with van der Waals surface area (Å²) < 4.78 is 0. The van der Waals surface area contributed by atoms with Gasteiger partial charge in [0.1, 0.15) is 11.5 Å². The van der Waals surface area contributed by atoms with E-state index in [0.29, 0.717) is 23.7 Å². The largest absolute Gasteiger partial charge is 0.507 e. The zero-order chi connectivity index (χ0) is 14.3.